The van der Waals surface area contributed by atoms with Crippen molar-refractivity contribution in [3.8, 4) is 0 Å². The van der Waals surface area contributed by atoms with Crippen LogP contribution in [0.15, 0.2) is 121 Å². The van der Waals surface area contributed by atoms with Crippen LogP contribution in [0.25, 0.3) is 0 Å². The highest BCUT2D eigenvalue weighted by Gasteiger charge is 2.47. The Bertz CT molecular complexity index is 1560. The molecule has 0 unspecified atom stereocenters. The molecule has 1 nitrogen and oxygen atoms in total. The maximum Gasteiger partial charge on any atom is 0.515 e. The molecule has 0 aliphatic carbocycles. The Labute approximate surface area is 243 Å². The van der Waals surface area contributed by atoms with Crippen molar-refractivity contribution in [1.82, 2.24) is 0 Å². The summed E-state index contributed by atoms with van der Waals surface area (Å²) in [7, 11) is -2.12. The number of halogens is 8. The van der Waals surface area contributed by atoms with Crippen LogP contribution in [0, 0.1) is 29.1 Å². The molecule has 5 aromatic rings. The van der Waals surface area contributed by atoms with E-state index in [4.69, 9.17) is 0 Å². The van der Waals surface area contributed by atoms with Gasteiger partial charge in [0, 0.05) is 5.56 Å². The van der Waals surface area contributed by atoms with Gasteiger partial charge in [0.05, 0.1) is 0 Å². The molecule has 0 bridgehead atoms. The van der Waals surface area contributed by atoms with Gasteiger partial charge in [0.2, 0.25) is 5.78 Å². The number of benzene rings is 5. The first-order chi connectivity index (χ1) is 20.5. The minimum Gasteiger partial charge on any atom is -0.445 e. The molecule has 5 aromatic carbocycles. The van der Waals surface area contributed by atoms with Gasteiger partial charge in [-0.05, 0) is 41.9 Å². The second kappa shape index (κ2) is 13.3. The van der Waals surface area contributed by atoms with E-state index in [1.807, 2.05) is 48.5 Å². The molecule has 0 aliphatic rings. The number of hydrogen-bond donors (Lipinski definition) is 0. The average Bonchev–Trinajstić information content (AvgIpc) is 3.03. The van der Waals surface area contributed by atoms with Gasteiger partial charge in [0.25, 0.3) is 0 Å². The molecule has 0 aromatic heterocycles. The SMILES string of the molecule is Fc1c(F)c(F)c([B-](F)(F)F)c(F)c1F.O=C(C[P+](c1ccccc1)(c1ccccc1)c1ccccc1)c1ccccc1. The van der Waals surface area contributed by atoms with Crippen LogP contribution in [-0.2, 0) is 0 Å². The summed E-state index contributed by atoms with van der Waals surface area (Å²) in [6.45, 7) is -6.30. The number of Topliss-reactive ketones (excluding diaryl/α,β-unsaturated/α-hetero) is 1. The zero-order valence-corrected chi connectivity index (χ0v) is 23.1. The molecular formula is C32H22BF8OP. The van der Waals surface area contributed by atoms with Gasteiger partial charge >= 0.3 is 6.98 Å². The Balaban J connectivity index is 0.000000239. The van der Waals surface area contributed by atoms with Crippen molar-refractivity contribution in [2.75, 3.05) is 6.16 Å². The quantitative estimate of drug-likeness (QED) is 0.0469. The van der Waals surface area contributed by atoms with Crippen LogP contribution in [0.1, 0.15) is 10.4 Å². The summed E-state index contributed by atoms with van der Waals surface area (Å²) < 4.78 is 97.6. The van der Waals surface area contributed by atoms with Crippen molar-refractivity contribution >= 4 is 41.4 Å². The smallest absolute Gasteiger partial charge is 0.445 e. The highest BCUT2D eigenvalue weighted by molar-refractivity contribution is 7.96. The minimum absolute atomic E-state index is 0.186. The minimum atomic E-state index is -6.30. The summed E-state index contributed by atoms with van der Waals surface area (Å²) in [6.07, 6.45) is 0.481. The summed E-state index contributed by atoms with van der Waals surface area (Å²) in [5.74, 6) is -13.4. The molecule has 0 radical (unpaired) electrons. The van der Waals surface area contributed by atoms with E-state index in [9.17, 15) is 39.7 Å². The molecule has 220 valence electrons. The molecular weight excluding hydrogens is 594 g/mol. The predicted octanol–water partition coefficient (Wildman–Crippen LogP) is 7.30. The van der Waals surface area contributed by atoms with Crippen molar-refractivity contribution < 1.29 is 39.7 Å². The molecule has 0 aliphatic heterocycles. The predicted molar refractivity (Wildman–Crippen MR) is 156 cm³/mol. The second-order valence-corrected chi connectivity index (χ2v) is 12.8. The van der Waals surface area contributed by atoms with Crippen molar-refractivity contribution in [2.24, 2.45) is 0 Å². The molecule has 0 N–H and O–H groups in total. The van der Waals surface area contributed by atoms with E-state index in [-0.39, 0.29) is 5.78 Å². The van der Waals surface area contributed by atoms with E-state index in [0.717, 1.165) is 5.56 Å². The van der Waals surface area contributed by atoms with Gasteiger partial charge in [0.15, 0.2) is 17.5 Å². The standard InChI is InChI=1S/C26H22OP.C6BF8/c27-26(22-13-5-1-6-14-22)21-28(23-15-7-2-8-16-23,24-17-9-3-10-18-24)25-19-11-4-12-20-25;8-2-1(7(13,14)15)3(9)5(11)6(12)4(2)10/h1-20H,21H2;/q+1;-1. The topological polar surface area (TPSA) is 17.1 Å². The van der Waals surface area contributed by atoms with Gasteiger partial charge in [-0.3, -0.25) is 4.79 Å². The number of carbonyl (C=O) groups is 1. The normalized spacial score (nSPS) is 11.4. The van der Waals surface area contributed by atoms with Crippen molar-refractivity contribution in [2.45, 2.75) is 0 Å². The lowest BCUT2D eigenvalue weighted by atomic mass is 9.79. The van der Waals surface area contributed by atoms with E-state index < -0.39 is 48.8 Å². The summed E-state index contributed by atoms with van der Waals surface area (Å²) >= 11 is 0. The fourth-order valence-corrected chi connectivity index (χ4v) is 8.71. The maximum atomic E-state index is 13.4. The van der Waals surface area contributed by atoms with Crippen molar-refractivity contribution in [1.29, 1.82) is 0 Å². The van der Waals surface area contributed by atoms with Crippen LogP contribution in [0.4, 0.5) is 34.9 Å². The Kier molecular flexibility index (Phi) is 9.82. The largest absolute Gasteiger partial charge is 0.515 e. The summed E-state index contributed by atoms with van der Waals surface area (Å²) in [4.78, 5) is 13.4. The van der Waals surface area contributed by atoms with E-state index in [0.29, 0.717) is 6.16 Å². The van der Waals surface area contributed by atoms with Gasteiger partial charge in [-0.2, -0.15) is 0 Å². The van der Waals surface area contributed by atoms with Gasteiger partial charge in [-0.25, -0.2) is 22.0 Å². The molecule has 43 heavy (non-hydrogen) atoms. The zero-order valence-electron chi connectivity index (χ0n) is 22.2. The van der Waals surface area contributed by atoms with Crippen LogP contribution in [0.3, 0.4) is 0 Å². The maximum absolute atomic E-state index is 13.4. The first-order valence-corrected chi connectivity index (χ1v) is 14.8. The van der Waals surface area contributed by atoms with Crippen LogP contribution in [0.5, 0.6) is 0 Å². The summed E-state index contributed by atoms with van der Waals surface area (Å²) in [5, 5.41) is 3.70. The molecule has 0 saturated heterocycles. The number of ketones is 1. The number of carbonyl (C=O) groups excluding carboxylic acids is 1. The lowest BCUT2D eigenvalue weighted by Gasteiger charge is -2.27. The molecule has 5 rings (SSSR count). The van der Waals surface area contributed by atoms with Gasteiger partial charge in [-0.1, -0.05) is 84.9 Å². The van der Waals surface area contributed by atoms with Crippen LogP contribution in [-0.4, -0.2) is 18.9 Å². The van der Waals surface area contributed by atoms with Crippen LogP contribution >= 0.6 is 7.26 Å². The van der Waals surface area contributed by atoms with E-state index >= 15 is 0 Å². The summed E-state index contributed by atoms with van der Waals surface area (Å²) in [5.41, 5.74) is -1.96. The first-order valence-electron chi connectivity index (χ1n) is 12.8. The third-order valence-electron chi connectivity index (χ3n) is 6.64. The van der Waals surface area contributed by atoms with Crippen molar-refractivity contribution in [3.05, 3.63) is 156 Å². The van der Waals surface area contributed by atoms with Crippen LogP contribution in [0.2, 0.25) is 0 Å². The molecule has 0 spiro atoms. The fraction of sp³-hybridized carbons (Fsp3) is 0.0312. The number of hydrogen-bond acceptors (Lipinski definition) is 1. The van der Waals surface area contributed by atoms with Crippen molar-refractivity contribution in [3.63, 3.8) is 0 Å². The molecule has 0 fully saturated rings. The summed E-state index contributed by atoms with van der Waals surface area (Å²) in [6, 6.07) is 41.2. The Hall–Kier alpha value is -4.30. The number of rotatable bonds is 7. The van der Waals surface area contributed by atoms with Crippen LogP contribution < -0.4 is 21.4 Å². The zero-order chi connectivity index (χ0) is 31.2. The highest BCUT2D eigenvalue weighted by atomic mass is 31.2. The van der Waals surface area contributed by atoms with Gasteiger partial charge < -0.3 is 12.9 Å². The molecule has 0 heterocycles. The van der Waals surface area contributed by atoms with E-state index in [1.54, 1.807) is 0 Å². The third kappa shape index (κ3) is 6.70. The Morgan fingerprint density at radius 3 is 1.12 bits per heavy atom. The monoisotopic (exact) mass is 616 g/mol. The van der Waals surface area contributed by atoms with Gasteiger partial charge in [-0.15, -0.1) is 0 Å². The van der Waals surface area contributed by atoms with E-state index in [2.05, 4.69) is 72.8 Å². The Morgan fingerprint density at radius 2 is 0.791 bits per heavy atom. The highest BCUT2D eigenvalue weighted by Crippen LogP contribution is 2.55. The lowest BCUT2D eigenvalue weighted by Crippen LogP contribution is -2.41. The molecule has 0 amide bonds. The van der Waals surface area contributed by atoms with E-state index in [1.165, 1.54) is 15.9 Å². The first kappa shape index (κ1) is 31.6. The lowest BCUT2D eigenvalue weighted by molar-refractivity contribution is 0.102. The average molecular weight is 616 g/mol. The van der Waals surface area contributed by atoms with Gasteiger partial charge in [0.1, 0.15) is 41.0 Å². The molecule has 11 heteroatoms. The Morgan fingerprint density at radius 1 is 0.488 bits per heavy atom. The second-order valence-electron chi connectivity index (χ2n) is 9.32. The molecule has 0 saturated carbocycles. The third-order valence-corrected chi connectivity index (χ3v) is 10.9. The fourth-order valence-electron chi connectivity index (χ4n) is 4.61. The molecule has 0 atom stereocenters.